The Bertz CT molecular complexity index is 881. The van der Waals surface area contributed by atoms with Gasteiger partial charge in [-0.05, 0) is 60.2 Å². The second-order valence-electron chi connectivity index (χ2n) is 8.68. The Labute approximate surface area is 171 Å². The van der Waals surface area contributed by atoms with Crippen molar-refractivity contribution in [3.05, 3.63) is 59.2 Å². The van der Waals surface area contributed by atoms with Gasteiger partial charge in [-0.15, -0.1) is 11.8 Å². The van der Waals surface area contributed by atoms with E-state index in [4.69, 9.17) is 0 Å². The van der Waals surface area contributed by atoms with Crippen molar-refractivity contribution in [2.75, 3.05) is 16.0 Å². The van der Waals surface area contributed by atoms with Crippen LogP contribution in [0.2, 0.25) is 0 Å². The Balaban J connectivity index is 1.86. The molecule has 3 rings (SSSR count). The van der Waals surface area contributed by atoms with Gasteiger partial charge in [0.1, 0.15) is 5.37 Å². The highest BCUT2D eigenvalue weighted by Crippen LogP contribution is 2.42. The van der Waals surface area contributed by atoms with Crippen LogP contribution in [0.25, 0.3) is 0 Å². The molecule has 1 atom stereocenters. The third kappa shape index (κ3) is 4.96. The van der Waals surface area contributed by atoms with Crippen LogP contribution < -0.4 is 10.2 Å². The third-order valence-electron chi connectivity index (χ3n) is 4.50. The average molecular weight is 397 g/mol. The Hall–Kier alpha value is -2.27. The minimum absolute atomic E-state index is 0.00552. The van der Waals surface area contributed by atoms with Gasteiger partial charge in [0.25, 0.3) is 0 Å². The van der Waals surface area contributed by atoms with Crippen molar-refractivity contribution in [1.29, 1.82) is 0 Å². The molecule has 1 heterocycles. The molecule has 2 aromatic carbocycles. The van der Waals surface area contributed by atoms with Gasteiger partial charge >= 0.3 is 0 Å². The van der Waals surface area contributed by atoms with Crippen LogP contribution in [0.5, 0.6) is 0 Å². The SMILES string of the molecule is Cc1cc(C)cc(N2C(=O)CSC2c2cccc(NC(=O)CC(C)(C)C)c2)c1. The topological polar surface area (TPSA) is 49.4 Å². The molecule has 4 nitrogen and oxygen atoms in total. The number of benzene rings is 2. The Morgan fingerprint density at radius 2 is 1.82 bits per heavy atom. The molecular formula is C23H28N2O2S. The molecular weight excluding hydrogens is 368 g/mol. The van der Waals surface area contributed by atoms with Crippen LogP contribution in [-0.2, 0) is 9.59 Å². The minimum Gasteiger partial charge on any atom is -0.326 e. The Kier molecular flexibility index (Phi) is 5.84. The second kappa shape index (κ2) is 8.00. The highest BCUT2D eigenvalue weighted by atomic mass is 32.2. The Morgan fingerprint density at radius 3 is 2.46 bits per heavy atom. The van der Waals surface area contributed by atoms with E-state index < -0.39 is 0 Å². The molecule has 0 aliphatic carbocycles. The van der Waals surface area contributed by atoms with E-state index in [1.54, 1.807) is 11.8 Å². The van der Waals surface area contributed by atoms with Gasteiger partial charge in [0.2, 0.25) is 11.8 Å². The van der Waals surface area contributed by atoms with E-state index in [0.717, 1.165) is 28.1 Å². The summed E-state index contributed by atoms with van der Waals surface area (Å²) >= 11 is 1.62. The van der Waals surface area contributed by atoms with Crippen molar-refractivity contribution >= 4 is 35.0 Å². The fraction of sp³-hybridized carbons (Fsp3) is 0.391. The standard InChI is InChI=1S/C23H28N2O2S/c1-15-9-16(2)11-19(10-15)25-21(27)14-28-22(25)17-7-6-8-18(12-17)24-20(26)13-23(3,4)5/h6-12,22H,13-14H2,1-5H3,(H,24,26). The maximum atomic E-state index is 12.6. The minimum atomic E-state index is -0.0897. The molecule has 2 aromatic rings. The summed E-state index contributed by atoms with van der Waals surface area (Å²) in [5.41, 5.74) is 4.94. The number of hydrogen-bond donors (Lipinski definition) is 1. The number of carbonyl (C=O) groups is 2. The zero-order valence-electron chi connectivity index (χ0n) is 17.2. The number of thioether (sulfide) groups is 1. The number of amides is 2. The zero-order chi connectivity index (χ0) is 20.5. The number of aryl methyl sites for hydroxylation is 2. The van der Waals surface area contributed by atoms with E-state index in [9.17, 15) is 9.59 Å². The predicted octanol–water partition coefficient (Wildman–Crippen LogP) is 5.46. The maximum absolute atomic E-state index is 12.6. The summed E-state index contributed by atoms with van der Waals surface area (Å²) in [5, 5.41) is 2.91. The summed E-state index contributed by atoms with van der Waals surface area (Å²) in [4.78, 5) is 26.8. The first kappa shape index (κ1) is 20.5. The molecule has 0 aromatic heterocycles. The summed E-state index contributed by atoms with van der Waals surface area (Å²) in [5.74, 6) is 0.575. The largest absolute Gasteiger partial charge is 0.326 e. The normalized spacial score (nSPS) is 17.1. The van der Waals surface area contributed by atoms with Gasteiger partial charge in [-0.1, -0.05) is 39.0 Å². The molecule has 1 unspecified atom stereocenters. The predicted molar refractivity (Wildman–Crippen MR) is 118 cm³/mol. The van der Waals surface area contributed by atoms with Crippen LogP contribution in [0.3, 0.4) is 0 Å². The summed E-state index contributed by atoms with van der Waals surface area (Å²) in [7, 11) is 0. The molecule has 148 valence electrons. The fourth-order valence-corrected chi connectivity index (χ4v) is 4.66. The van der Waals surface area contributed by atoms with Gasteiger partial charge in [-0.3, -0.25) is 14.5 Å². The van der Waals surface area contributed by atoms with E-state index in [2.05, 4.69) is 23.5 Å². The van der Waals surface area contributed by atoms with Crippen molar-refractivity contribution < 1.29 is 9.59 Å². The molecule has 2 amide bonds. The molecule has 1 aliphatic heterocycles. The van der Waals surface area contributed by atoms with Crippen LogP contribution in [0.4, 0.5) is 11.4 Å². The molecule has 0 spiro atoms. The number of hydrogen-bond acceptors (Lipinski definition) is 3. The highest BCUT2D eigenvalue weighted by Gasteiger charge is 2.34. The van der Waals surface area contributed by atoms with Crippen LogP contribution in [0, 0.1) is 19.3 Å². The summed E-state index contributed by atoms with van der Waals surface area (Å²) in [6, 6.07) is 14.0. The third-order valence-corrected chi connectivity index (χ3v) is 5.71. The summed E-state index contributed by atoms with van der Waals surface area (Å²) in [6.07, 6.45) is 0.461. The van der Waals surface area contributed by atoms with Gasteiger partial charge in [-0.25, -0.2) is 0 Å². The average Bonchev–Trinajstić information content (AvgIpc) is 2.94. The van der Waals surface area contributed by atoms with Gasteiger partial charge in [0.05, 0.1) is 5.75 Å². The van der Waals surface area contributed by atoms with E-state index in [1.165, 1.54) is 0 Å². The monoisotopic (exact) mass is 396 g/mol. The smallest absolute Gasteiger partial charge is 0.238 e. The molecule has 5 heteroatoms. The molecule has 1 aliphatic rings. The van der Waals surface area contributed by atoms with Crippen LogP contribution in [0.1, 0.15) is 49.3 Å². The molecule has 28 heavy (non-hydrogen) atoms. The van der Waals surface area contributed by atoms with Crippen molar-refractivity contribution in [1.82, 2.24) is 0 Å². The van der Waals surface area contributed by atoms with E-state index in [1.807, 2.05) is 63.8 Å². The van der Waals surface area contributed by atoms with Crippen LogP contribution >= 0.6 is 11.8 Å². The van der Waals surface area contributed by atoms with Crippen molar-refractivity contribution in [3.8, 4) is 0 Å². The first-order valence-electron chi connectivity index (χ1n) is 9.54. The Morgan fingerprint density at radius 1 is 1.14 bits per heavy atom. The fourth-order valence-electron chi connectivity index (χ4n) is 3.50. The van der Waals surface area contributed by atoms with E-state index in [0.29, 0.717) is 12.2 Å². The van der Waals surface area contributed by atoms with Crippen molar-refractivity contribution in [2.45, 2.75) is 46.4 Å². The lowest BCUT2D eigenvalue weighted by molar-refractivity contribution is -0.118. The first-order valence-corrected chi connectivity index (χ1v) is 10.6. The number of nitrogens with one attached hydrogen (secondary N) is 1. The van der Waals surface area contributed by atoms with Gasteiger partial charge < -0.3 is 5.32 Å². The molecule has 1 saturated heterocycles. The number of nitrogens with zero attached hydrogens (tertiary/aromatic N) is 1. The lowest BCUT2D eigenvalue weighted by Gasteiger charge is -2.25. The van der Waals surface area contributed by atoms with Crippen molar-refractivity contribution in [3.63, 3.8) is 0 Å². The second-order valence-corrected chi connectivity index (χ2v) is 9.75. The highest BCUT2D eigenvalue weighted by molar-refractivity contribution is 8.00. The molecule has 1 N–H and O–H groups in total. The number of carbonyl (C=O) groups excluding carboxylic acids is 2. The van der Waals surface area contributed by atoms with Gasteiger partial charge in [-0.2, -0.15) is 0 Å². The summed E-state index contributed by atoms with van der Waals surface area (Å²) in [6.45, 7) is 10.2. The zero-order valence-corrected chi connectivity index (χ0v) is 18.0. The van der Waals surface area contributed by atoms with Crippen LogP contribution in [-0.4, -0.2) is 17.6 Å². The molecule has 0 saturated carbocycles. The molecule has 1 fully saturated rings. The summed E-state index contributed by atoms with van der Waals surface area (Å²) < 4.78 is 0. The van der Waals surface area contributed by atoms with E-state index >= 15 is 0 Å². The molecule has 0 bridgehead atoms. The number of anilines is 2. The first-order chi connectivity index (χ1) is 13.1. The van der Waals surface area contributed by atoms with Gasteiger partial charge in [0.15, 0.2) is 0 Å². The maximum Gasteiger partial charge on any atom is 0.238 e. The molecule has 0 radical (unpaired) electrons. The van der Waals surface area contributed by atoms with E-state index in [-0.39, 0.29) is 22.6 Å². The quantitative estimate of drug-likeness (QED) is 0.747. The van der Waals surface area contributed by atoms with Gasteiger partial charge in [0, 0.05) is 17.8 Å². The lowest BCUT2D eigenvalue weighted by atomic mass is 9.92. The lowest BCUT2D eigenvalue weighted by Crippen LogP contribution is -2.28. The van der Waals surface area contributed by atoms with Crippen LogP contribution in [0.15, 0.2) is 42.5 Å². The van der Waals surface area contributed by atoms with Crippen molar-refractivity contribution in [2.24, 2.45) is 5.41 Å². The number of rotatable bonds is 4.